The second kappa shape index (κ2) is 7.53. The maximum atomic E-state index is 12.0. The predicted molar refractivity (Wildman–Crippen MR) is 83.1 cm³/mol. The molecule has 0 aromatic carbocycles. The van der Waals surface area contributed by atoms with Crippen molar-refractivity contribution in [3.63, 3.8) is 0 Å². The van der Waals surface area contributed by atoms with Crippen LogP contribution in [0, 0.1) is 0 Å². The highest BCUT2D eigenvalue weighted by Gasteiger charge is 2.17. The Morgan fingerprint density at radius 3 is 2.86 bits per heavy atom. The Hall–Kier alpha value is -1.70. The fourth-order valence-electron chi connectivity index (χ4n) is 2.63. The molecule has 0 bridgehead atoms. The third-order valence-corrected chi connectivity index (χ3v) is 3.80. The van der Waals surface area contributed by atoms with Crippen molar-refractivity contribution >= 4 is 17.4 Å². The number of carbonyl (C=O) groups is 1. The van der Waals surface area contributed by atoms with E-state index in [9.17, 15) is 4.79 Å². The number of rotatable bonds is 4. The van der Waals surface area contributed by atoms with Crippen LogP contribution >= 0.6 is 0 Å². The Balaban J connectivity index is 1.50. The second-order valence-corrected chi connectivity index (χ2v) is 5.48. The zero-order chi connectivity index (χ0) is 15.2. The molecule has 7 nitrogen and oxygen atoms in total. The van der Waals surface area contributed by atoms with Gasteiger partial charge in [-0.2, -0.15) is 0 Å². The minimum atomic E-state index is -0.0241. The summed E-state index contributed by atoms with van der Waals surface area (Å²) in [5.74, 6) is 0.896. The fourth-order valence-corrected chi connectivity index (χ4v) is 2.63. The van der Waals surface area contributed by atoms with Crippen molar-refractivity contribution in [2.75, 3.05) is 56.3 Å². The SMILES string of the molecule is O=C(CC1COCCN1)Nc1ccc(N2CCOCC2)nc1. The lowest BCUT2D eigenvalue weighted by molar-refractivity contribution is -0.117. The molecule has 0 radical (unpaired) electrons. The molecule has 120 valence electrons. The number of morpholine rings is 2. The average Bonchev–Trinajstić information content (AvgIpc) is 2.57. The smallest absolute Gasteiger partial charge is 0.226 e. The minimum absolute atomic E-state index is 0.0241. The number of carbonyl (C=O) groups excluding carboxylic acids is 1. The molecule has 1 atom stereocenters. The number of anilines is 2. The van der Waals surface area contributed by atoms with Crippen molar-refractivity contribution in [3.05, 3.63) is 18.3 Å². The standard InChI is InChI=1S/C15H22N4O3/c20-15(9-13-11-22-6-3-16-13)18-12-1-2-14(17-10-12)19-4-7-21-8-5-19/h1-2,10,13,16H,3-9,11H2,(H,18,20). The van der Waals surface area contributed by atoms with E-state index < -0.39 is 0 Å². The largest absolute Gasteiger partial charge is 0.378 e. The molecule has 2 N–H and O–H groups in total. The molecule has 2 fully saturated rings. The summed E-state index contributed by atoms with van der Waals surface area (Å²) in [5, 5.41) is 6.15. The monoisotopic (exact) mass is 306 g/mol. The molecule has 1 aromatic heterocycles. The van der Waals surface area contributed by atoms with Gasteiger partial charge >= 0.3 is 0 Å². The molecule has 0 saturated carbocycles. The first kappa shape index (κ1) is 15.2. The van der Waals surface area contributed by atoms with E-state index in [-0.39, 0.29) is 11.9 Å². The molecule has 1 amide bonds. The lowest BCUT2D eigenvalue weighted by Gasteiger charge is -2.27. The number of nitrogens with zero attached hydrogens (tertiary/aromatic N) is 2. The van der Waals surface area contributed by atoms with Crippen LogP contribution in [0.15, 0.2) is 18.3 Å². The highest BCUT2D eigenvalue weighted by molar-refractivity contribution is 5.91. The molecule has 22 heavy (non-hydrogen) atoms. The van der Waals surface area contributed by atoms with Gasteiger partial charge in [0.2, 0.25) is 5.91 Å². The Labute approximate surface area is 130 Å². The quantitative estimate of drug-likeness (QED) is 0.830. The number of nitrogens with one attached hydrogen (secondary N) is 2. The van der Waals surface area contributed by atoms with Crippen LogP contribution in [0.5, 0.6) is 0 Å². The van der Waals surface area contributed by atoms with Gasteiger partial charge in [0, 0.05) is 32.1 Å². The summed E-state index contributed by atoms with van der Waals surface area (Å²) in [6, 6.07) is 3.91. The van der Waals surface area contributed by atoms with Crippen LogP contribution in [-0.2, 0) is 14.3 Å². The highest BCUT2D eigenvalue weighted by atomic mass is 16.5. The van der Waals surface area contributed by atoms with Crippen molar-refractivity contribution in [3.8, 4) is 0 Å². The first-order valence-electron chi connectivity index (χ1n) is 7.71. The number of hydrogen-bond donors (Lipinski definition) is 2. The lowest BCUT2D eigenvalue weighted by Crippen LogP contribution is -2.43. The van der Waals surface area contributed by atoms with Gasteiger partial charge in [-0.3, -0.25) is 4.79 Å². The van der Waals surface area contributed by atoms with Gasteiger partial charge < -0.3 is 25.0 Å². The van der Waals surface area contributed by atoms with E-state index in [1.165, 1.54) is 0 Å². The van der Waals surface area contributed by atoms with E-state index in [2.05, 4.69) is 20.5 Å². The Kier molecular flexibility index (Phi) is 5.20. The van der Waals surface area contributed by atoms with Crippen molar-refractivity contribution in [2.24, 2.45) is 0 Å². The Morgan fingerprint density at radius 2 is 2.18 bits per heavy atom. The highest BCUT2D eigenvalue weighted by Crippen LogP contribution is 2.15. The molecule has 2 aliphatic heterocycles. The van der Waals surface area contributed by atoms with Crippen molar-refractivity contribution < 1.29 is 14.3 Å². The maximum Gasteiger partial charge on any atom is 0.226 e. The van der Waals surface area contributed by atoms with Crippen LogP contribution in [0.1, 0.15) is 6.42 Å². The van der Waals surface area contributed by atoms with E-state index in [0.717, 1.165) is 44.4 Å². The second-order valence-electron chi connectivity index (χ2n) is 5.48. The third kappa shape index (κ3) is 4.16. The van der Waals surface area contributed by atoms with Crippen LogP contribution in [0.3, 0.4) is 0 Å². The summed E-state index contributed by atoms with van der Waals surface area (Å²) < 4.78 is 10.7. The van der Waals surface area contributed by atoms with Crippen LogP contribution in [0.4, 0.5) is 11.5 Å². The zero-order valence-electron chi connectivity index (χ0n) is 12.6. The lowest BCUT2D eigenvalue weighted by atomic mass is 10.2. The maximum absolute atomic E-state index is 12.0. The summed E-state index contributed by atoms with van der Waals surface area (Å²) >= 11 is 0. The van der Waals surface area contributed by atoms with Gasteiger partial charge in [0.05, 0.1) is 38.3 Å². The predicted octanol–water partition coefficient (Wildman–Crippen LogP) is 0.235. The van der Waals surface area contributed by atoms with Gasteiger partial charge in [0.15, 0.2) is 0 Å². The fraction of sp³-hybridized carbons (Fsp3) is 0.600. The van der Waals surface area contributed by atoms with Crippen LogP contribution < -0.4 is 15.5 Å². The normalized spacial score (nSPS) is 22.4. The van der Waals surface area contributed by atoms with Crippen molar-refractivity contribution in [2.45, 2.75) is 12.5 Å². The van der Waals surface area contributed by atoms with E-state index in [1.54, 1.807) is 6.20 Å². The number of hydrogen-bond acceptors (Lipinski definition) is 6. The zero-order valence-corrected chi connectivity index (χ0v) is 12.6. The molecule has 3 rings (SSSR count). The van der Waals surface area contributed by atoms with Crippen molar-refractivity contribution in [1.29, 1.82) is 0 Å². The summed E-state index contributed by atoms with van der Waals surface area (Å²) in [7, 11) is 0. The van der Waals surface area contributed by atoms with Crippen LogP contribution in [0.25, 0.3) is 0 Å². The summed E-state index contributed by atoms with van der Waals surface area (Å²) in [6.07, 6.45) is 2.11. The van der Waals surface area contributed by atoms with Gasteiger partial charge in [0.25, 0.3) is 0 Å². The Morgan fingerprint density at radius 1 is 1.32 bits per heavy atom. The number of pyridine rings is 1. The minimum Gasteiger partial charge on any atom is -0.378 e. The molecule has 3 heterocycles. The van der Waals surface area contributed by atoms with E-state index in [4.69, 9.17) is 9.47 Å². The number of aromatic nitrogens is 1. The molecular weight excluding hydrogens is 284 g/mol. The van der Waals surface area contributed by atoms with E-state index in [0.29, 0.717) is 19.6 Å². The summed E-state index contributed by atoms with van der Waals surface area (Å²) in [5.41, 5.74) is 0.721. The topological polar surface area (TPSA) is 75.7 Å². The van der Waals surface area contributed by atoms with E-state index >= 15 is 0 Å². The van der Waals surface area contributed by atoms with Gasteiger partial charge in [-0.15, -0.1) is 0 Å². The molecule has 1 unspecified atom stereocenters. The van der Waals surface area contributed by atoms with Crippen LogP contribution in [0.2, 0.25) is 0 Å². The molecule has 1 aromatic rings. The molecular formula is C15H22N4O3. The average molecular weight is 306 g/mol. The van der Waals surface area contributed by atoms with Gasteiger partial charge in [-0.1, -0.05) is 0 Å². The third-order valence-electron chi connectivity index (χ3n) is 3.80. The number of amides is 1. The molecule has 2 saturated heterocycles. The van der Waals surface area contributed by atoms with Crippen LogP contribution in [-0.4, -0.2) is 63.0 Å². The van der Waals surface area contributed by atoms with Crippen molar-refractivity contribution in [1.82, 2.24) is 10.3 Å². The summed E-state index contributed by atoms with van der Waals surface area (Å²) in [6.45, 7) is 5.27. The van der Waals surface area contributed by atoms with Gasteiger partial charge in [0.1, 0.15) is 5.82 Å². The van der Waals surface area contributed by atoms with Gasteiger partial charge in [-0.25, -0.2) is 4.98 Å². The first-order valence-corrected chi connectivity index (χ1v) is 7.71. The number of ether oxygens (including phenoxy) is 2. The van der Waals surface area contributed by atoms with E-state index in [1.807, 2.05) is 12.1 Å². The molecule has 0 spiro atoms. The molecule has 2 aliphatic rings. The molecule has 7 heteroatoms. The molecule has 0 aliphatic carbocycles. The Bertz CT molecular complexity index is 482. The van der Waals surface area contributed by atoms with Gasteiger partial charge in [-0.05, 0) is 12.1 Å². The first-order chi connectivity index (χ1) is 10.8. The summed E-state index contributed by atoms with van der Waals surface area (Å²) in [4.78, 5) is 18.6.